The number of oxazole rings is 1. The molecule has 0 atom stereocenters. The Hall–Kier alpha value is -2.58. The lowest BCUT2D eigenvalue weighted by Gasteiger charge is -2.04. The number of aromatic nitrogens is 4. The summed E-state index contributed by atoms with van der Waals surface area (Å²) in [5, 5.41) is 10.1. The Balaban J connectivity index is 1.97. The summed E-state index contributed by atoms with van der Waals surface area (Å²) in [5.74, 6) is 0.368. The maximum Gasteiger partial charge on any atom is 0.416 e. The maximum absolute atomic E-state index is 12.6. The van der Waals surface area contributed by atoms with Crippen LogP contribution in [0.5, 0.6) is 0 Å². The Bertz CT molecular complexity index is 761. The molecule has 2 aromatic heterocycles. The number of fused-ring (bicyclic) bond motifs is 1. The van der Waals surface area contributed by atoms with Gasteiger partial charge in [0.15, 0.2) is 5.58 Å². The van der Waals surface area contributed by atoms with Crippen LogP contribution in [0.1, 0.15) is 5.56 Å². The number of halogens is 3. The van der Waals surface area contributed by atoms with Crippen molar-refractivity contribution in [3.05, 3.63) is 30.1 Å². The topological polar surface area (TPSA) is 68.8 Å². The summed E-state index contributed by atoms with van der Waals surface area (Å²) in [6.07, 6.45) is -2.95. The molecule has 9 heteroatoms. The third-order valence-electron chi connectivity index (χ3n) is 2.65. The molecule has 0 spiro atoms. The van der Waals surface area contributed by atoms with Crippen LogP contribution in [0, 0.1) is 0 Å². The quantitative estimate of drug-likeness (QED) is 0.783. The minimum Gasteiger partial charge on any atom is -0.423 e. The highest BCUT2D eigenvalue weighted by atomic mass is 19.4. The van der Waals surface area contributed by atoms with Gasteiger partial charge in [-0.2, -0.15) is 18.2 Å². The molecule has 6 nitrogen and oxygen atoms in total. The summed E-state index contributed by atoms with van der Waals surface area (Å²) < 4.78 is 44.6. The third-order valence-corrected chi connectivity index (χ3v) is 2.65. The van der Waals surface area contributed by atoms with Crippen molar-refractivity contribution in [2.45, 2.75) is 6.18 Å². The Kier molecular flexibility index (Phi) is 2.63. The Labute approximate surface area is 110 Å². The van der Waals surface area contributed by atoms with E-state index in [0.717, 1.165) is 12.1 Å². The van der Waals surface area contributed by atoms with Crippen molar-refractivity contribution in [2.24, 2.45) is 7.05 Å². The van der Waals surface area contributed by atoms with Gasteiger partial charge in [-0.05, 0) is 18.2 Å². The lowest BCUT2D eigenvalue weighted by molar-refractivity contribution is -0.137. The first-order valence-electron chi connectivity index (χ1n) is 5.52. The highest BCUT2D eigenvalue weighted by Gasteiger charge is 2.31. The van der Waals surface area contributed by atoms with Crippen molar-refractivity contribution < 1.29 is 17.6 Å². The van der Waals surface area contributed by atoms with E-state index in [1.54, 1.807) is 11.6 Å². The van der Waals surface area contributed by atoms with Gasteiger partial charge in [0, 0.05) is 7.05 Å². The molecule has 2 heterocycles. The van der Waals surface area contributed by atoms with Gasteiger partial charge < -0.3 is 8.98 Å². The van der Waals surface area contributed by atoms with Gasteiger partial charge in [-0.1, -0.05) is 0 Å². The smallest absolute Gasteiger partial charge is 0.416 e. The number of nitrogens with zero attached hydrogens (tertiary/aromatic N) is 4. The predicted octanol–water partition coefficient (Wildman–Crippen LogP) is 2.72. The molecular formula is C11H8F3N5O. The van der Waals surface area contributed by atoms with Crippen molar-refractivity contribution in [2.75, 3.05) is 5.32 Å². The van der Waals surface area contributed by atoms with Crippen LogP contribution in [0.4, 0.5) is 25.1 Å². The van der Waals surface area contributed by atoms with Gasteiger partial charge in [-0.15, -0.1) is 10.2 Å². The van der Waals surface area contributed by atoms with E-state index in [1.807, 2.05) is 0 Å². The molecule has 3 rings (SSSR count). The van der Waals surface area contributed by atoms with E-state index in [0.29, 0.717) is 5.95 Å². The van der Waals surface area contributed by atoms with Gasteiger partial charge in [0.2, 0.25) is 5.95 Å². The van der Waals surface area contributed by atoms with E-state index in [2.05, 4.69) is 20.5 Å². The maximum atomic E-state index is 12.6. The Morgan fingerprint density at radius 3 is 2.75 bits per heavy atom. The van der Waals surface area contributed by atoms with Crippen molar-refractivity contribution >= 4 is 23.1 Å². The first kappa shape index (κ1) is 12.5. The van der Waals surface area contributed by atoms with E-state index in [-0.39, 0.29) is 17.1 Å². The lowest BCUT2D eigenvalue weighted by Crippen LogP contribution is -2.04. The molecule has 0 saturated heterocycles. The van der Waals surface area contributed by atoms with Gasteiger partial charge in [-0.25, -0.2) is 0 Å². The molecule has 3 aromatic rings. The second kappa shape index (κ2) is 4.22. The number of alkyl halides is 3. The van der Waals surface area contributed by atoms with Crippen LogP contribution < -0.4 is 5.32 Å². The predicted molar refractivity (Wildman–Crippen MR) is 63.3 cm³/mol. The third kappa shape index (κ3) is 2.17. The standard InChI is InChI=1S/C11H8F3N5O/c1-19-5-15-18-9(19)17-10-16-7-4-6(11(12,13)14)2-3-8(7)20-10/h2-5H,1H3,(H,16,17,18). The highest BCUT2D eigenvalue weighted by Crippen LogP contribution is 2.32. The zero-order chi connectivity index (χ0) is 14.3. The van der Waals surface area contributed by atoms with Gasteiger partial charge >= 0.3 is 12.2 Å². The fourth-order valence-corrected chi connectivity index (χ4v) is 1.65. The molecule has 20 heavy (non-hydrogen) atoms. The van der Waals surface area contributed by atoms with Crippen LogP contribution in [-0.4, -0.2) is 19.7 Å². The molecule has 1 aromatic carbocycles. The molecule has 0 saturated carbocycles. The number of hydrogen-bond acceptors (Lipinski definition) is 5. The molecule has 0 radical (unpaired) electrons. The van der Waals surface area contributed by atoms with Crippen molar-refractivity contribution in [3.63, 3.8) is 0 Å². The molecule has 104 valence electrons. The Morgan fingerprint density at radius 2 is 2.10 bits per heavy atom. The van der Waals surface area contributed by atoms with Gasteiger partial charge in [0.1, 0.15) is 11.8 Å². The molecule has 0 fully saturated rings. The van der Waals surface area contributed by atoms with Gasteiger partial charge in [0.05, 0.1) is 5.56 Å². The van der Waals surface area contributed by atoms with Crippen LogP contribution in [0.3, 0.4) is 0 Å². The first-order chi connectivity index (χ1) is 9.43. The van der Waals surface area contributed by atoms with E-state index in [4.69, 9.17) is 4.42 Å². The molecule has 1 N–H and O–H groups in total. The fourth-order valence-electron chi connectivity index (χ4n) is 1.65. The van der Waals surface area contributed by atoms with Crippen molar-refractivity contribution in [1.82, 2.24) is 19.7 Å². The summed E-state index contributed by atoms with van der Waals surface area (Å²) in [7, 11) is 1.70. The SMILES string of the molecule is Cn1cnnc1Nc1nc2cc(C(F)(F)F)ccc2o1. The summed E-state index contributed by atoms with van der Waals surface area (Å²) in [6.45, 7) is 0. The first-order valence-corrected chi connectivity index (χ1v) is 5.52. The van der Waals surface area contributed by atoms with E-state index >= 15 is 0 Å². The molecule has 0 aliphatic heterocycles. The van der Waals surface area contributed by atoms with E-state index in [9.17, 15) is 13.2 Å². The highest BCUT2D eigenvalue weighted by molar-refractivity contribution is 5.75. The van der Waals surface area contributed by atoms with Crippen LogP contribution in [0.15, 0.2) is 28.9 Å². The van der Waals surface area contributed by atoms with Gasteiger partial charge in [0.25, 0.3) is 0 Å². The molecule has 0 unspecified atom stereocenters. The fraction of sp³-hybridized carbons (Fsp3) is 0.182. The summed E-state index contributed by atoms with van der Waals surface area (Å²) in [6, 6.07) is 3.16. The molecule has 0 amide bonds. The minimum absolute atomic E-state index is 0.0513. The zero-order valence-electron chi connectivity index (χ0n) is 10.1. The normalized spacial score (nSPS) is 12.0. The van der Waals surface area contributed by atoms with Crippen molar-refractivity contribution in [3.8, 4) is 0 Å². The second-order valence-corrected chi connectivity index (χ2v) is 4.09. The largest absolute Gasteiger partial charge is 0.423 e. The van der Waals surface area contributed by atoms with E-state index < -0.39 is 11.7 Å². The number of hydrogen-bond donors (Lipinski definition) is 1. The van der Waals surface area contributed by atoms with Crippen LogP contribution in [-0.2, 0) is 13.2 Å². The second-order valence-electron chi connectivity index (χ2n) is 4.09. The zero-order valence-corrected chi connectivity index (χ0v) is 10.1. The van der Waals surface area contributed by atoms with Crippen LogP contribution >= 0.6 is 0 Å². The molecule has 0 aliphatic carbocycles. The average Bonchev–Trinajstić information content (AvgIpc) is 2.94. The summed E-state index contributed by atoms with van der Waals surface area (Å²) in [4.78, 5) is 3.94. The summed E-state index contributed by atoms with van der Waals surface area (Å²) in [5.41, 5.74) is -0.407. The molecular weight excluding hydrogens is 275 g/mol. The summed E-state index contributed by atoms with van der Waals surface area (Å²) >= 11 is 0. The number of benzene rings is 1. The minimum atomic E-state index is -4.41. The molecule has 0 bridgehead atoms. The number of nitrogens with one attached hydrogen (secondary N) is 1. The Morgan fingerprint density at radius 1 is 1.30 bits per heavy atom. The van der Waals surface area contributed by atoms with Crippen LogP contribution in [0.25, 0.3) is 11.1 Å². The number of rotatable bonds is 2. The number of aryl methyl sites for hydroxylation is 1. The number of anilines is 2. The van der Waals surface area contributed by atoms with E-state index in [1.165, 1.54) is 12.4 Å². The van der Waals surface area contributed by atoms with Gasteiger partial charge in [-0.3, -0.25) is 5.32 Å². The van der Waals surface area contributed by atoms with Crippen LogP contribution in [0.2, 0.25) is 0 Å². The van der Waals surface area contributed by atoms with Crippen molar-refractivity contribution in [1.29, 1.82) is 0 Å². The monoisotopic (exact) mass is 283 g/mol. The average molecular weight is 283 g/mol. The molecule has 0 aliphatic rings. The lowest BCUT2D eigenvalue weighted by atomic mass is 10.2.